The first kappa shape index (κ1) is 85.2. The van der Waals surface area contributed by atoms with Gasteiger partial charge in [-0.3, -0.25) is 4.79 Å². The van der Waals surface area contributed by atoms with Crippen LogP contribution in [0.1, 0.15) is 251 Å². The van der Waals surface area contributed by atoms with Crippen molar-refractivity contribution in [3.8, 4) is 0 Å². The monoisotopic (exact) mass is 1330 g/mol. The number of aliphatic hydroxyl groups excluding tert-OH is 11. The number of allylic oxidation sites excluding steroid dienone is 13. The van der Waals surface area contributed by atoms with Gasteiger partial charge in [-0.25, -0.2) is 0 Å². The molecule has 0 aliphatic carbocycles. The first-order valence-electron chi connectivity index (χ1n) is 36.8. The molecule has 3 rings (SSSR count). The van der Waals surface area contributed by atoms with Crippen molar-refractivity contribution in [1.82, 2.24) is 5.32 Å². The summed E-state index contributed by atoms with van der Waals surface area (Å²) < 4.78 is 34.4. The number of carbonyl (C=O) groups is 1. The Morgan fingerprint density at radius 1 is 0.394 bits per heavy atom. The van der Waals surface area contributed by atoms with E-state index in [1.165, 1.54) is 135 Å². The van der Waals surface area contributed by atoms with Gasteiger partial charge in [-0.2, -0.15) is 0 Å². The number of nitrogens with one attached hydrogen (secondary N) is 1. The summed E-state index contributed by atoms with van der Waals surface area (Å²) in [5.74, 6) is -0.293. The lowest BCUT2D eigenvalue weighted by molar-refractivity contribution is -0.379. The second-order valence-corrected chi connectivity index (χ2v) is 26.0. The minimum atomic E-state index is -1.99. The van der Waals surface area contributed by atoms with Crippen molar-refractivity contribution in [2.24, 2.45) is 0 Å². The van der Waals surface area contributed by atoms with Gasteiger partial charge >= 0.3 is 0 Å². The van der Waals surface area contributed by atoms with Crippen molar-refractivity contribution < 1.29 is 89.4 Å². The van der Waals surface area contributed by atoms with E-state index in [1.807, 2.05) is 6.08 Å². The number of ether oxygens (including phenoxy) is 6. The number of hydrogen-bond donors (Lipinski definition) is 12. The maximum Gasteiger partial charge on any atom is 0.220 e. The molecule has 94 heavy (non-hydrogen) atoms. The van der Waals surface area contributed by atoms with Crippen LogP contribution >= 0.6 is 0 Å². The van der Waals surface area contributed by atoms with Crippen molar-refractivity contribution in [2.45, 2.75) is 356 Å². The fraction of sp³-hybridized carbons (Fsp3) is 0.800. The highest BCUT2D eigenvalue weighted by Gasteiger charge is 2.53. The Balaban J connectivity index is 1.44. The molecule has 1 amide bonds. The lowest BCUT2D eigenvalue weighted by atomic mass is 9.96. The largest absolute Gasteiger partial charge is 0.394 e. The van der Waals surface area contributed by atoms with Crippen LogP contribution in [0, 0.1) is 0 Å². The normalized spacial score (nSPS) is 27.9. The van der Waals surface area contributed by atoms with Crippen LogP contribution in [-0.2, 0) is 33.2 Å². The van der Waals surface area contributed by atoms with E-state index in [9.17, 15) is 61.0 Å². The molecule has 12 N–H and O–H groups in total. The third kappa shape index (κ3) is 36.7. The van der Waals surface area contributed by atoms with Crippen molar-refractivity contribution in [3.63, 3.8) is 0 Å². The van der Waals surface area contributed by atoms with E-state index < -0.39 is 124 Å². The number of unbranched alkanes of at least 4 members (excludes halogenated alkanes) is 28. The summed E-state index contributed by atoms with van der Waals surface area (Å²) in [5.41, 5.74) is 0. The van der Waals surface area contributed by atoms with Gasteiger partial charge in [-0.1, -0.05) is 253 Å². The van der Waals surface area contributed by atoms with Crippen molar-refractivity contribution >= 4 is 5.91 Å². The SMILES string of the molecule is CC/C=C\C/C=C\C/C=C\C/C=C\C/C=C\CCCCCCCCCCCC(=O)NC(COC1OC(CO)C(OC2OC(CO)C(OC3OC(CO)C(O)C(O)C3O)C(O)C2O)C(O)C1O)C(O)/C=C/CC/C=C/CCCCCCCCCCCCCCCCCCCC. The zero-order valence-electron chi connectivity index (χ0n) is 57.7. The number of hydrogen-bond acceptors (Lipinski definition) is 18. The fourth-order valence-corrected chi connectivity index (χ4v) is 12.0. The minimum Gasteiger partial charge on any atom is -0.394 e. The van der Waals surface area contributed by atoms with Gasteiger partial charge in [0.2, 0.25) is 5.91 Å². The van der Waals surface area contributed by atoms with E-state index in [4.69, 9.17) is 28.4 Å². The number of rotatable bonds is 56. The molecular formula is C75H131NO18. The average Bonchev–Trinajstić information content (AvgIpc) is 0.788. The summed E-state index contributed by atoms with van der Waals surface area (Å²) in [5, 5.41) is 121. The van der Waals surface area contributed by atoms with Gasteiger partial charge in [0.25, 0.3) is 0 Å². The van der Waals surface area contributed by atoms with E-state index in [1.54, 1.807) is 6.08 Å². The zero-order valence-corrected chi connectivity index (χ0v) is 57.7. The molecule has 19 nitrogen and oxygen atoms in total. The molecule has 3 fully saturated rings. The summed E-state index contributed by atoms with van der Waals surface area (Å²) in [4.78, 5) is 13.4. The summed E-state index contributed by atoms with van der Waals surface area (Å²) in [6.07, 6.45) is 45.5. The predicted octanol–water partition coefficient (Wildman–Crippen LogP) is 10.7. The Hall–Kier alpha value is -3.03. The molecule has 19 heteroatoms. The van der Waals surface area contributed by atoms with E-state index >= 15 is 0 Å². The Labute approximate surface area is 565 Å². The molecule has 3 aliphatic heterocycles. The molecule has 0 aromatic rings. The predicted molar refractivity (Wildman–Crippen MR) is 369 cm³/mol. The molecule has 0 aromatic heterocycles. The zero-order chi connectivity index (χ0) is 68.2. The molecule has 0 saturated carbocycles. The third-order valence-corrected chi connectivity index (χ3v) is 17.9. The van der Waals surface area contributed by atoms with Crippen molar-refractivity contribution in [2.75, 3.05) is 26.4 Å². The molecule has 17 unspecified atom stereocenters. The van der Waals surface area contributed by atoms with E-state index in [0.29, 0.717) is 12.8 Å². The van der Waals surface area contributed by atoms with Gasteiger partial charge in [0.1, 0.15) is 73.2 Å². The van der Waals surface area contributed by atoms with E-state index in [2.05, 4.69) is 92.1 Å². The highest BCUT2D eigenvalue weighted by Crippen LogP contribution is 2.33. The Kier molecular flexibility index (Phi) is 50.6. The molecule has 0 radical (unpaired) electrons. The molecule has 544 valence electrons. The fourth-order valence-electron chi connectivity index (χ4n) is 12.0. The Bertz CT molecular complexity index is 2030. The van der Waals surface area contributed by atoms with Crippen LogP contribution in [0.15, 0.2) is 85.1 Å². The van der Waals surface area contributed by atoms with Gasteiger partial charge in [-0.05, 0) is 77.0 Å². The molecule has 3 saturated heterocycles. The molecule has 3 heterocycles. The molecule has 3 aliphatic rings. The molecular weight excluding hydrogens is 1200 g/mol. The van der Waals surface area contributed by atoms with Crippen molar-refractivity contribution in [3.05, 3.63) is 85.1 Å². The number of aliphatic hydroxyl groups is 11. The highest BCUT2D eigenvalue weighted by atomic mass is 16.8. The van der Waals surface area contributed by atoms with Crippen LogP contribution in [0.4, 0.5) is 0 Å². The van der Waals surface area contributed by atoms with Gasteiger partial charge < -0.3 is 89.9 Å². The maximum atomic E-state index is 13.4. The van der Waals surface area contributed by atoms with Gasteiger partial charge in [0.15, 0.2) is 18.9 Å². The summed E-state index contributed by atoms with van der Waals surface area (Å²) in [7, 11) is 0. The topological polar surface area (TPSA) is 307 Å². The van der Waals surface area contributed by atoms with Crippen LogP contribution < -0.4 is 5.32 Å². The van der Waals surface area contributed by atoms with Crippen LogP contribution in [0.25, 0.3) is 0 Å². The molecule has 0 bridgehead atoms. The van der Waals surface area contributed by atoms with Gasteiger partial charge in [-0.15, -0.1) is 0 Å². The van der Waals surface area contributed by atoms with Crippen molar-refractivity contribution in [1.29, 1.82) is 0 Å². The second kappa shape index (κ2) is 55.8. The second-order valence-electron chi connectivity index (χ2n) is 26.0. The van der Waals surface area contributed by atoms with Gasteiger partial charge in [0.05, 0.1) is 38.6 Å². The summed E-state index contributed by atoms with van der Waals surface area (Å²) >= 11 is 0. The summed E-state index contributed by atoms with van der Waals surface area (Å²) in [6.45, 7) is 1.61. The van der Waals surface area contributed by atoms with Crippen LogP contribution in [-0.4, -0.2) is 193 Å². The van der Waals surface area contributed by atoms with E-state index in [-0.39, 0.29) is 18.9 Å². The van der Waals surface area contributed by atoms with Crippen LogP contribution in [0.5, 0.6) is 0 Å². The molecule has 0 aromatic carbocycles. The highest BCUT2D eigenvalue weighted by molar-refractivity contribution is 5.76. The van der Waals surface area contributed by atoms with Crippen LogP contribution in [0.3, 0.4) is 0 Å². The smallest absolute Gasteiger partial charge is 0.220 e. The number of carbonyl (C=O) groups excluding carboxylic acids is 1. The first-order valence-corrected chi connectivity index (χ1v) is 36.8. The van der Waals surface area contributed by atoms with E-state index in [0.717, 1.165) is 83.5 Å². The molecule has 0 spiro atoms. The minimum absolute atomic E-state index is 0.224. The Morgan fingerprint density at radius 3 is 1.19 bits per heavy atom. The average molecular weight is 1330 g/mol. The standard InChI is InChI=1S/C75H131NO18/c1-3-5-7-9-11-13-15-17-19-21-23-25-27-29-31-33-35-37-39-41-43-45-47-49-51-53-63(81)76-58(59(80)52-50-48-46-44-42-40-38-36-34-32-30-28-26-24-22-20-18-16-14-12-10-8-6-4-2)57-89-73-69(87)66(84)71(61(55-78)91-73)94-75-70(88)67(85)72(62(56-79)92-75)93-74-68(86)65(83)64(82)60(54-77)90-74/h5,7,11,13,17,19,23,25,29,31,42,44,50,52,58-62,64-75,77-80,82-88H,3-4,6,8-10,12,14-16,18,20-22,24,26-28,30,32-41,43,45-49,51,53-57H2,1-2H3,(H,76,81)/b7-5-,13-11-,19-17-,25-23-,31-29-,44-42+,52-50+. The Morgan fingerprint density at radius 2 is 0.745 bits per heavy atom. The quantitative estimate of drug-likeness (QED) is 0.0199. The third-order valence-electron chi connectivity index (χ3n) is 17.9. The lowest BCUT2D eigenvalue weighted by Gasteiger charge is -2.48. The molecule has 17 atom stereocenters. The lowest BCUT2D eigenvalue weighted by Crippen LogP contribution is -2.66. The number of amides is 1. The summed E-state index contributed by atoms with van der Waals surface area (Å²) in [6, 6.07) is -1.000. The first-order chi connectivity index (χ1) is 45.8. The maximum absolute atomic E-state index is 13.4. The van der Waals surface area contributed by atoms with Gasteiger partial charge in [0, 0.05) is 6.42 Å². The van der Waals surface area contributed by atoms with Crippen LogP contribution in [0.2, 0.25) is 0 Å².